The first kappa shape index (κ1) is 16.0. The van der Waals surface area contributed by atoms with Crippen LogP contribution in [-0.2, 0) is 4.79 Å². The van der Waals surface area contributed by atoms with Crippen molar-refractivity contribution < 1.29 is 4.79 Å². The molecule has 1 amide bonds. The van der Waals surface area contributed by atoms with Gasteiger partial charge in [-0.05, 0) is 61.4 Å². The Balaban J connectivity index is 1.97. The van der Waals surface area contributed by atoms with Crippen molar-refractivity contribution in [1.29, 1.82) is 0 Å². The van der Waals surface area contributed by atoms with Gasteiger partial charge in [0.05, 0.1) is 6.54 Å². The summed E-state index contributed by atoms with van der Waals surface area (Å²) in [5.74, 6) is -0.0703. The Labute approximate surface area is 141 Å². The summed E-state index contributed by atoms with van der Waals surface area (Å²) in [7, 11) is 0. The van der Waals surface area contributed by atoms with Crippen molar-refractivity contribution in [3.05, 3.63) is 56.5 Å². The van der Waals surface area contributed by atoms with Crippen molar-refractivity contribution in [2.75, 3.05) is 17.2 Å². The van der Waals surface area contributed by atoms with Crippen LogP contribution in [0.25, 0.3) is 0 Å². The predicted molar refractivity (Wildman–Crippen MR) is 94.9 cm³/mol. The van der Waals surface area contributed by atoms with Crippen LogP contribution in [0.1, 0.15) is 11.1 Å². The number of carbonyl (C=O) groups is 1. The van der Waals surface area contributed by atoms with Crippen molar-refractivity contribution in [2.45, 2.75) is 13.8 Å². The molecule has 2 aromatic carbocycles. The van der Waals surface area contributed by atoms with Crippen LogP contribution in [0.2, 0.25) is 0 Å². The van der Waals surface area contributed by atoms with Gasteiger partial charge in [-0.25, -0.2) is 0 Å². The molecule has 21 heavy (non-hydrogen) atoms. The summed E-state index contributed by atoms with van der Waals surface area (Å²) in [6.07, 6.45) is 0. The summed E-state index contributed by atoms with van der Waals surface area (Å²) in [6, 6.07) is 11.6. The first-order valence-corrected chi connectivity index (χ1v) is 8.10. The Kier molecular flexibility index (Phi) is 5.42. The average Bonchev–Trinajstić information content (AvgIpc) is 2.40. The molecule has 0 aliphatic carbocycles. The molecule has 5 heteroatoms. The molecular formula is C16H16Br2N2O. The number of anilines is 2. The zero-order valence-electron chi connectivity index (χ0n) is 11.8. The van der Waals surface area contributed by atoms with Crippen molar-refractivity contribution in [1.82, 2.24) is 0 Å². The second-order valence-corrected chi connectivity index (χ2v) is 6.65. The zero-order chi connectivity index (χ0) is 15.4. The van der Waals surface area contributed by atoms with Crippen LogP contribution in [0.3, 0.4) is 0 Å². The summed E-state index contributed by atoms with van der Waals surface area (Å²) in [5.41, 5.74) is 4.01. The zero-order valence-corrected chi connectivity index (χ0v) is 15.0. The number of hydrogen-bond acceptors (Lipinski definition) is 2. The Morgan fingerprint density at radius 1 is 1.00 bits per heavy atom. The number of hydrogen-bond donors (Lipinski definition) is 2. The third-order valence-corrected chi connectivity index (χ3v) is 4.04. The Hall–Kier alpha value is -1.33. The smallest absolute Gasteiger partial charge is 0.243 e. The highest BCUT2D eigenvalue weighted by atomic mass is 79.9. The van der Waals surface area contributed by atoms with Gasteiger partial charge in [0.25, 0.3) is 0 Å². The quantitative estimate of drug-likeness (QED) is 0.752. The minimum atomic E-state index is -0.0703. The molecule has 0 radical (unpaired) electrons. The molecule has 0 atom stereocenters. The molecule has 2 N–H and O–H groups in total. The van der Waals surface area contributed by atoms with Crippen LogP contribution in [0, 0.1) is 13.8 Å². The van der Waals surface area contributed by atoms with Gasteiger partial charge >= 0.3 is 0 Å². The number of carbonyl (C=O) groups excluding carboxylic acids is 1. The lowest BCUT2D eigenvalue weighted by molar-refractivity contribution is -0.114. The van der Waals surface area contributed by atoms with E-state index >= 15 is 0 Å². The van der Waals surface area contributed by atoms with Crippen LogP contribution in [0.5, 0.6) is 0 Å². The molecule has 2 aromatic rings. The van der Waals surface area contributed by atoms with Gasteiger partial charge in [-0.3, -0.25) is 4.79 Å². The normalized spacial score (nSPS) is 10.3. The lowest BCUT2D eigenvalue weighted by atomic mass is 10.1. The maximum atomic E-state index is 12.0. The third kappa shape index (κ3) is 4.58. The molecule has 3 nitrogen and oxygen atoms in total. The molecular weight excluding hydrogens is 396 g/mol. The molecule has 2 rings (SSSR count). The largest absolute Gasteiger partial charge is 0.376 e. The van der Waals surface area contributed by atoms with Gasteiger partial charge in [-0.2, -0.15) is 0 Å². The van der Waals surface area contributed by atoms with E-state index < -0.39 is 0 Å². The van der Waals surface area contributed by atoms with E-state index in [0.717, 1.165) is 31.4 Å². The average molecular weight is 412 g/mol. The van der Waals surface area contributed by atoms with Crippen molar-refractivity contribution in [3.63, 3.8) is 0 Å². The standard InChI is InChI=1S/C16H16Br2N2O/c1-10-7-13(18)8-11(2)16(10)19-9-15(21)20-14-5-3-12(17)4-6-14/h3-8,19H,9H2,1-2H3,(H,20,21). The van der Waals surface area contributed by atoms with Gasteiger partial charge in [-0.15, -0.1) is 0 Å². The van der Waals surface area contributed by atoms with Gasteiger partial charge in [0, 0.05) is 20.3 Å². The molecule has 0 aliphatic rings. The van der Waals surface area contributed by atoms with Crippen molar-refractivity contribution in [3.8, 4) is 0 Å². The summed E-state index contributed by atoms with van der Waals surface area (Å²) in [6.45, 7) is 4.28. The van der Waals surface area contributed by atoms with Crippen LogP contribution in [0.15, 0.2) is 45.3 Å². The third-order valence-electron chi connectivity index (χ3n) is 3.05. The number of rotatable bonds is 4. The van der Waals surface area contributed by atoms with E-state index in [1.54, 1.807) is 0 Å². The monoisotopic (exact) mass is 410 g/mol. The second-order valence-electron chi connectivity index (χ2n) is 4.82. The Bertz CT molecular complexity index is 631. The highest BCUT2D eigenvalue weighted by Crippen LogP contribution is 2.24. The molecule has 0 saturated heterocycles. The maximum Gasteiger partial charge on any atom is 0.243 e. The summed E-state index contributed by atoms with van der Waals surface area (Å²) in [5, 5.41) is 6.06. The van der Waals surface area contributed by atoms with Gasteiger partial charge in [0.15, 0.2) is 0 Å². The molecule has 0 bridgehead atoms. The van der Waals surface area contributed by atoms with Gasteiger partial charge in [0.1, 0.15) is 0 Å². The number of aryl methyl sites for hydroxylation is 2. The topological polar surface area (TPSA) is 41.1 Å². The lowest BCUT2D eigenvalue weighted by Crippen LogP contribution is -2.22. The summed E-state index contributed by atoms with van der Waals surface area (Å²) in [4.78, 5) is 12.0. The van der Waals surface area contributed by atoms with Crippen LogP contribution in [-0.4, -0.2) is 12.5 Å². The van der Waals surface area contributed by atoms with Crippen molar-refractivity contribution >= 4 is 49.1 Å². The van der Waals surface area contributed by atoms with E-state index in [1.165, 1.54) is 0 Å². The number of amides is 1. The van der Waals surface area contributed by atoms with E-state index in [9.17, 15) is 4.79 Å². The van der Waals surface area contributed by atoms with E-state index in [4.69, 9.17) is 0 Å². The predicted octanol–water partition coefficient (Wildman–Crippen LogP) is 4.88. The first-order valence-electron chi connectivity index (χ1n) is 6.52. The van der Waals surface area contributed by atoms with E-state index in [2.05, 4.69) is 42.5 Å². The van der Waals surface area contributed by atoms with Gasteiger partial charge < -0.3 is 10.6 Å². The van der Waals surface area contributed by atoms with Gasteiger partial charge in [-0.1, -0.05) is 31.9 Å². The minimum absolute atomic E-state index is 0.0703. The second kappa shape index (κ2) is 7.09. The number of halogens is 2. The molecule has 0 aliphatic heterocycles. The van der Waals surface area contributed by atoms with Crippen LogP contribution in [0.4, 0.5) is 11.4 Å². The Morgan fingerprint density at radius 3 is 2.14 bits per heavy atom. The Morgan fingerprint density at radius 2 is 1.57 bits per heavy atom. The van der Waals surface area contributed by atoms with E-state index in [1.807, 2.05) is 50.2 Å². The molecule has 0 saturated carbocycles. The van der Waals surface area contributed by atoms with Gasteiger partial charge in [0.2, 0.25) is 5.91 Å². The number of nitrogens with one attached hydrogen (secondary N) is 2. The number of benzene rings is 2. The fourth-order valence-electron chi connectivity index (χ4n) is 2.10. The van der Waals surface area contributed by atoms with E-state index in [-0.39, 0.29) is 12.5 Å². The highest BCUT2D eigenvalue weighted by molar-refractivity contribution is 9.10. The highest BCUT2D eigenvalue weighted by Gasteiger charge is 2.07. The van der Waals surface area contributed by atoms with Crippen LogP contribution >= 0.6 is 31.9 Å². The first-order chi connectivity index (χ1) is 9.95. The maximum absolute atomic E-state index is 12.0. The summed E-state index contributed by atoms with van der Waals surface area (Å²) >= 11 is 6.83. The minimum Gasteiger partial charge on any atom is -0.376 e. The molecule has 0 heterocycles. The van der Waals surface area contributed by atoms with Crippen LogP contribution < -0.4 is 10.6 Å². The molecule has 0 fully saturated rings. The fourth-order valence-corrected chi connectivity index (χ4v) is 3.05. The SMILES string of the molecule is Cc1cc(Br)cc(C)c1NCC(=O)Nc1ccc(Br)cc1. The van der Waals surface area contributed by atoms with E-state index in [0.29, 0.717) is 0 Å². The molecule has 110 valence electrons. The molecule has 0 unspecified atom stereocenters. The molecule has 0 aromatic heterocycles. The van der Waals surface area contributed by atoms with Crippen molar-refractivity contribution in [2.24, 2.45) is 0 Å². The molecule has 0 spiro atoms. The summed E-state index contributed by atoms with van der Waals surface area (Å²) < 4.78 is 2.03. The lowest BCUT2D eigenvalue weighted by Gasteiger charge is -2.13. The fraction of sp³-hybridized carbons (Fsp3) is 0.188.